The van der Waals surface area contributed by atoms with Gasteiger partial charge in [0.2, 0.25) is 12.0 Å². The first kappa shape index (κ1) is 24.4. The summed E-state index contributed by atoms with van der Waals surface area (Å²) in [5.74, 6) is 2.00. The van der Waals surface area contributed by atoms with Crippen LogP contribution in [0.3, 0.4) is 0 Å². The molecule has 0 bridgehead atoms. The van der Waals surface area contributed by atoms with Crippen LogP contribution in [0.2, 0.25) is 0 Å². The van der Waals surface area contributed by atoms with E-state index in [1.165, 1.54) is 5.56 Å². The fraction of sp³-hybridized carbons (Fsp3) is 0.556. The molecule has 30 heavy (non-hydrogen) atoms. The molecule has 0 fully saturated rings. The molecule has 0 spiro atoms. The van der Waals surface area contributed by atoms with Crippen LogP contribution in [0.15, 0.2) is 60.7 Å². The summed E-state index contributed by atoms with van der Waals surface area (Å²) in [5.41, 5.74) is 1.00. The molecule has 0 aliphatic heterocycles. The number of quaternary nitrogens is 1. The average Bonchev–Trinajstić information content (AvgIpc) is 2.66. The van der Waals surface area contributed by atoms with Crippen molar-refractivity contribution in [2.24, 2.45) is 11.8 Å². The quantitative estimate of drug-likeness (QED) is 0.279. The summed E-state index contributed by atoms with van der Waals surface area (Å²) in [5, 5.41) is 0. The molecule has 0 N–H and O–H groups in total. The minimum Gasteiger partial charge on any atom is -0.465 e. The van der Waals surface area contributed by atoms with Gasteiger partial charge in [0.25, 0.3) is 0 Å². The van der Waals surface area contributed by atoms with E-state index in [-0.39, 0.29) is 12.0 Å². The first-order valence-corrected chi connectivity index (χ1v) is 11.4. The lowest BCUT2D eigenvalue weighted by molar-refractivity contribution is -0.983. The summed E-state index contributed by atoms with van der Waals surface area (Å²) in [6.07, 6.45) is 2.79. The fourth-order valence-corrected chi connectivity index (χ4v) is 4.26. The average molecular weight is 413 g/mol. The number of nitrogens with zero attached hydrogens (tertiary/aromatic N) is 1. The summed E-state index contributed by atoms with van der Waals surface area (Å²) in [4.78, 5) is 0. The van der Waals surface area contributed by atoms with E-state index in [2.05, 4.69) is 72.1 Å². The van der Waals surface area contributed by atoms with Crippen molar-refractivity contribution in [2.75, 3.05) is 14.1 Å². The van der Waals surface area contributed by atoms with Crippen molar-refractivity contribution in [3.05, 3.63) is 66.2 Å². The second kappa shape index (κ2) is 11.0. The second-order valence-corrected chi connectivity index (χ2v) is 9.92. The Balaban J connectivity index is 2.34. The molecule has 0 saturated heterocycles. The minimum atomic E-state index is -0.331. The fourth-order valence-electron chi connectivity index (χ4n) is 4.26. The molecule has 0 heterocycles. The molecule has 0 aromatic heterocycles. The van der Waals surface area contributed by atoms with Crippen LogP contribution in [-0.2, 0) is 11.3 Å². The SMILES string of the molecule is CC(C)CCC(CC(C)C)(OC(C)Oc1ccccc1)[N+](C)(C)Cc1ccccc1. The van der Waals surface area contributed by atoms with E-state index >= 15 is 0 Å². The highest BCUT2D eigenvalue weighted by molar-refractivity contribution is 5.21. The number of para-hydroxylation sites is 1. The van der Waals surface area contributed by atoms with E-state index in [1.54, 1.807) is 0 Å². The Bertz CT molecular complexity index is 727. The molecular weight excluding hydrogens is 370 g/mol. The maximum atomic E-state index is 6.89. The van der Waals surface area contributed by atoms with Crippen LogP contribution in [0.5, 0.6) is 5.75 Å². The third kappa shape index (κ3) is 7.14. The van der Waals surface area contributed by atoms with Crippen molar-refractivity contribution in [1.82, 2.24) is 0 Å². The van der Waals surface area contributed by atoms with Gasteiger partial charge < -0.3 is 4.74 Å². The summed E-state index contributed by atoms with van der Waals surface area (Å²) in [6.45, 7) is 12.1. The lowest BCUT2D eigenvalue weighted by Crippen LogP contribution is -2.62. The van der Waals surface area contributed by atoms with Crippen LogP contribution in [-0.4, -0.2) is 30.6 Å². The van der Waals surface area contributed by atoms with E-state index in [1.807, 2.05) is 37.3 Å². The zero-order valence-corrected chi connectivity index (χ0v) is 20.1. The lowest BCUT2D eigenvalue weighted by Gasteiger charge is -2.50. The highest BCUT2D eigenvalue weighted by Gasteiger charge is 2.48. The molecule has 2 atom stereocenters. The Morgan fingerprint density at radius 3 is 1.90 bits per heavy atom. The van der Waals surface area contributed by atoms with Gasteiger partial charge in [0.05, 0.1) is 14.1 Å². The molecule has 3 heteroatoms. The molecular formula is C27H42NO2+. The minimum absolute atomic E-state index is 0.327. The molecule has 0 saturated carbocycles. The Labute approximate surface area is 184 Å². The van der Waals surface area contributed by atoms with Crippen molar-refractivity contribution in [3.8, 4) is 5.75 Å². The summed E-state index contributed by atoms with van der Waals surface area (Å²) >= 11 is 0. The second-order valence-electron chi connectivity index (χ2n) is 9.92. The number of rotatable bonds is 12. The smallest absolute Gasteiger partial charge is 0.207 e. The van der Waals surface area contributed by atoms with Gasteiger partial charge in [-0.3, -0.25) is 9.22 Å². The van der Waals surface area contributed by atoms with E-state index in [4.69, 9.17) is 9.47 Å². The maximum absolute atomic E-state index is 6.89. The van der Waals surface area contributed by atoms with Crippen molar-refractivity contribution in [1.29, 1.82) is 0 Å². The lowest BCUT2D eigenvalue weighted by atomic mass is 9.89. The monoisotopic (exact) mass is 412 g/mol. The molecule has 0 aliphatic rings. The summed E-state index contributed by atoms with van der Waals surface area (Å²) in [6, 6.07) is 20.7. The predicted octanol–water partition coefficient (Wildman–Crippen LogP) is 6.88. The van der Waals surface area contributed by atoms with Gasteiger partial charge in [-0.15, -0.1) is 0 Å². The zero-order valence-electron chi connectivity index (χ0n) is 20.1. The van der Waals surface area contributed by atoms with Crippen LogP contribution >= 0.6 is 0 Å². The first-order valence-electron chi connectivity index (χ1n) is 11.4. The highest BCUT2D eigenvalue weighted by Crippen LogP contribution is 2.38. The van der Waals surface area contributed by atoms with Gasteiger partial charge in [-0.2, -0.15) is 0 Å². The van der Waals surface area contributed by atoms with Crippen LogP contribution < -0.4 is 4.74 Å². The number of hydrogen-bond donors (Lipinski definition) is 0. The largest absolute Gasteiger partial charge is 0.465 e. The van der Waals surface area contributed by atoms with Gasteiger partial charge >= 0.3 is 0 Å². The van der Waals surface area contributed by atoms with E-state index in [0.29, 0.717) is 11.8 Å². The molecule has 2 rings (SSSR count). The van der Waals surface area contributed by atoms with E-state index in [9.17, 15) is 0 Å². The van der Waals surface area contributed by atoms with Crippen LogP contribution in [0.1, 0.15) is 59.4 Å². The Morgan fingerprint density at radius 2 is 1.37 bits per heavy atom. The van der Waals surface area contributed by atoms with Gasteiger partial charge in [-0.05, 0) is 37.3 Å². The van der Waals surface area contributed by atoms with E-state index < -0.39 is 0 Å². The van der Waals surface area contributed by atoms with Crippen molar-refractivity contribution in [2.45, 2.75) is 72.4 Å². The molecule has 0 radical (unpaired) electrons. The van der Waals surface area contributed by atoms with Gasteiger partial charge in [-0.1, -0.05) is 76.2 Å². The standard InChI is InChI=1S/C27H42NO2/c1-22(2)18-19-27(20-23(3)4,28(6,7)21-25-14-10-8-11-15-25)30-24(5)29-26-16-12-9-13-17-26/h8-17,22-24H,18-21H2,1-7H3/q+1. The predicted molar refractivity (Wildman–Crippen MR) is 126 cm³/mol. The third-order valence-electron chi connectivity index (χ3n) is 5.79. The van der Waals surface area contributed by atoms with Crippen molar-refractivity contribution < 1.29 is 14.0 Å². The van der Waals surface area contributed by atoms with Crippen LogP contribution in [0.25, 0.3) is 0 Å². The molecule has 2 aromatic carbocycles. The third-order valence-corrected chi connectivity index (χ3v) is 5.79. The van der Waals surface area contributed by atoms with Crippen LogP contribution in [0, 0.1) is 11.8 Å². The van der Waals surface area contributed by atoms with Gasteiger partial charge in [0, 0.05) is 18.4 Å². The molecule has 0 aliphatic carbocycles. The van der Waals surface area contributed by atoms with Crippen molar-refractivity contribution >= 4 is 0 Å². The number of benzene rings is 2. The zero-order chi connectivity index (χ0) is 22.2. The summed E-state index contributed by atoms with van der Waals surface area (Å²) < 4.78 is 13.8. The maximum Gasteiger partial charge on any atom is 0.207 e. The first-order chi connectivity index (χ1) is 14.1. The van der Waals surface area contributed by atoms with Crippen LogP contribution in [0.4, 0.5) is 0 Å². The molecule has 2 unspecified atom stereocenters. The molecule has 3 nitrogen and oxygen atoms in total. The topological polar surface area (TPSA) is 18.5 Å². The van der Waals surface area contributed by atoms with Gasteiger partial charge in [0.15, 0.2) is 0 Å². The number of ether oxygens (including phenoxy) is 2. The summed E-state index contributed by atoms with van der Waals surface area (Å²) in [7, 11) is 4.62. The number of hydrogen-bond acceptors (Lipinski definition) is 2. The van der Waals surface area contributed by atoms with Gasteiger partial charge in [-0.25, -0.2) is 0 Å². The Kier molecular flexibility index (Phi) is 8.93. The molecule has 166 valence electrons. The molecule has 0 amide bonds. The normalized spacial score (nSPS) is 15.2. The Morgan fingerprint density at radius 1 is 0.800 bits per heavy atom. The van der Waals surface area contributed by atoms with Gasteiger partial charge in [0.1, 0.15) is 12.3 Å². The Hall–Kier alpha value is -1.84. The van der Waals surface area contributed by atoms with E-state index in [0.717, 1.165) is 36.0 Å². The van der Waals surface area contributed by atoms with Crippen molar-refractivity contribution in [3.63, 3.8) is 0 Å². The molecule has 2 aromatic rings. The highest BCUT2D eigenvalue weighted by atomic mass is 16.7.